The van der Waals surface area contributed by atoms with Crippen LogP contribution in [0.1, 0.15) is 27.2 Å². The van der Waals surface area contributed by atoms with Crippen LogP contribution in [0.15, 0.2) is 0 Å². The predicted octanol–water partition coefficient (Wildman–Crippen LogP) is 2.39. The van der Waals surface area contributed by atoms with E-state index in [4.69, 9.17) is 15.2 Å². The van der Waals surface area contributed by atoms with Gasteiger partial charge in [-0.3, -0.25) is 0 Å². The molecule has 2 atom stereocenters. The van der Waals surface area contributed by atoms with Crippen molar-refractivity contribution in [3.63, 3.8) is 0 Å². The molecule has 1 heterocycles. The standard InChI is InChI=1S/C16H33N3O4Si/c1-16(2,3)23-14(20)18-13-11-19(8-7-12(13)17)15(21)22-9-10-24(4,5)6/h12-13H,7-11,17H2,1-6H3,(H,18,20)/t12-,13+/m0/s1. The predicted molar refractivity (Wildman–Crippen MR) is 96.8 cm³/mol. The van der Waals surface area contributed by atoms with Gasteiger partial charge in [0.25, 0.3) is 0 Å². The topological polar surface area (TPSA) is 93.9 Å². The lowest BCUT2D eigenvalue weighted by Gasteiger charge is -2.36. The summed E-state index contributed by atoms with van der Waals surface area (Å²) < 4.78 is 10.6. The Morgan fingerprint density at radius 3 is 2.46 bits per heavy atom. The van der Waals surface area contributed by atoms with E-state index in [-0.39, 0.29) is 18.2 Å². The molecule has 1 saturated heterocycles. The van der Waals surface area contributed by atoms with Gasteiger partial charge in [0, 0.05) is 27.2 Å². The van der Waals surface area contributed by atoms with Gasteiger partial charge in [0.15, 0.2) is 0 Å². The summed E-state index contributed by atoms with van der Waals surface area (Å²) in [6.07, 6.45) is -0.239. The van der Waals surface area contributed by atoms with Gasteiger partial charge in [-0.1, -0.05) is 19.6 Å². The van der Waals surface area contributed by atoms with Gasteiger partial charge in [-0.15, -0.1) is 0 Å². The Hall–Kier alpha value is -1.28. The monoisotopic (exact) mass is 359 g/mol. The van der Waals surface area contributed by atoms with E-state index in [0.29, 0.717) is 26.1 Å². The van der Waals surface area contributed by atoms with Crippen LogP contribution in [0.5, 0.6) is 0 Å². The highest BCUT2D eigenvalue weighted by atomic mass is 28.3. The lowest BCUT2D eigenvalue weighted by atomic mass is 10.0. The fourth-order valence-electron chi connectivity index (χ4n) is 2.28. The second-order valence-electron chi connectivity index (χ2n) is 8.58. The van der Waals surface area contributed by atoms with Crippen molar-refractivity contribution < 1.29 is 19.1 Å². The van der Waals surface area contributed by atoms with E-state index in [1.807, 2.05) is 0 Å². The summed E-state index contributed by atoms with van der Waals surface area (Å²) in [7, 11) is -1.23. The summed E-state index contributed by atoms with van der Waals surface area (Å²) in [6, 6.07) is 0.396. The third kappa shape index (κ3) is 8.01. The first kappa shape index (κ1) is 20.8. The zero-order valence-electron chi connectivity index (χ0n) is 15.8. The molecule has 0 unspecified atom stereocenters. The van der Waals surface area contributed by atoms with E-state index >= 15 is 0 Å². The Morgan fingerprint density at radius 1 is 1.29 bits per heavy atom. The summed E-state index contributed by atoms with van der Waals surface area (Å²) in [5.41, 5.74) is 5.50. The molecule has 3 N–H and O–H groups in total. The van der Waals surface area contributed by atoms with Gasteiger partial charge in [-0.05, 0) is 33.2 Å². The van der Waals surface area contributed by atoms with Crippen LogP contribution in [-0.2, 0) is 9.47 Å². The Bertz CT molecular complexity index is 446. The Morgan fingerprint density at radius 2 is 1.92 bits per heavy atom. The van der Waals surface area contributed by atoms with Gasteiger partial charge in [0.1, 0.15) is 5.60 Å². The fraction of sp³-hybridized carbons (Fsp3) is 0.875. The number of nitrogens with zero attached hydrogens (tertiary/aromatic N) is 1. The van der Waals surface area contributed by atoms with Gasteiger partial charge in [-0.25, -0.2) is 9.59 Å². The van der Waals surface area contributed by atoms with Crippen LogP contribution in [0.4, 0.5) is 9.59 Å². The molecular formula is C16H33N3O4Si. The molecule has 7 nitrogen and oxygen atoms in total. The normalized spacial score (nSPS) is 22.0. The minimum atomic E-state index is -1.23. The molecule has 0 saturated carbocycles. The largest absolute Gasteiger partial charge is 0.450 e. The van der Waals surface area contributed by atoms with Gasteiger partial charge in [0.05, 0.1) is 12.6 Å². The maximum Gasteiger partial charge on any atom is 0.409 e. The summed E-state index contributed by atoms with van der Waals surface area (Å²) in [5, 5.41) is 2.76. The molecule has 1 rings (SSSR count). The number of carbonyl (C=O) groups is 2. The minimum Gasteiger partial charge on any atom is -0.450 e. The quantitative estimate of drug-likeness (QED) is 0.752. The molecule has 2 amide bonds. The number of nitrogens with two attached hydrogens (primary N) is 1. The van der Waals surface area contributed by atoms with E-state index < -0.39 is 19.8 Å². The summed E-state index contributed by atoms with van der Waals surface area (Å²) in [4.78, 5) is 25.7. The SMILES string of the molecule is CC(C)(C)OC(=O)N[C@@H]1CN(C(=O)OCC[Si](C)(C)C)CC[C@@H]1N. The molecule has 0 aliphatic carbocycles. The summed E-state index contributed by atoms with van der Waals surface area (Å²) in [6.45, 7) is 13.4. The molecular weight excluding hydrogens is 326 g/mol. The molecule has 0 radical (unpaired) electrons. The molecule has 0 aromatic rings. The fourth-order valence-corrected chi connectivity index (χ4v) is 3.00. The van der Waals surface area contributed by atoms with Crippen LogP contribution in [0.2, 0.25) is 25.7 Å². The van der Waals surface area contributed by atoms with Crippen LogP contribution in [0.3, 0.4) is 0 Å². The highest BCUT2D eigenvalue weighted by Gasteiger charge is 2.32. The van der Waals surface area contributed by atoms with Gasteiger partial charge >= 0.3 is 12.2 Å². The average Bonchev–Trinajstić information content (AvgIpc) is 2.37. The van der Waals surface area contributed by atoms with Gasteiger partial charge < -0.3 is 25.4 Å². The van der Waals surface area contributed by atoms with Gasteiger partial charge in [-0.2, -0.15) is 0 Å². The molecule has 1 fully saturated rings. The van der Waals surface area contributed by atoms with Crippen LogP contribution in [0, 0.1) is 0 Å². The lowest BCUT2D eigenvalue weighted by Crippen LogP contribution is -2.59. The second-order valence-corrected chi connectivity index (χ2v) is 14.2. The van der Waals surface area contributed by atoms with Crippen molar-refractivity contribution >= 4 is 20.3 Å². The highest BCUT2D eigenvalue weighted by Crippen LogP contribution is 2.14. The van der Waals surface area contributed by atoms with E-state index in [1.165, 1.54) is 0 Å². The number of hydrogen-bond acceptors (Lipinski definition) is 5. The van der Waals surface area contributed by atoms with Crippen molar-refractivity contribution in [1.82, 2.24) is 10.2 Å². The first-order valence-corrected chi connectivity index (χ1v) is 12.2. The van der Waals surface area contributed by atoms with E-state index in [9.17, 15) is 9.59 Å². The Kier molecular flexibility index (Phi) is 7.09. The number of likely N-dealkylation sites (tertiary alicyclic amines) is 1. The van der Waals surface area contributed by atoms with Crippen LogP contribution in [0.25, 0.3) is 0 Å². The van der Waals surface area contributed by atoms with Crippen molar-refractivity contribution in [2.24, 2.45) is 5.73 Å². The van der Waals surface area contributed by atoms with Crippen molar-refractivity contribution in [2.75, 3.05) is 19.7 Å². The molecule has 0 aromatic carbocycles. The van der Waals surface area contributed by atoms with E-state index in [2.05, 4.69) is 25.0 Å². The number of nitrogens with one attached hydrogen (secondary N) is 1. The molecule has 0 bridgehead atoms. The Labute approximate surface area is 146 Å². The van der Waals surface area contributed by atoms with Gasteiger partial charge in [0.2, 0.25) is 0 Å². The molecule has 1 aliphatic heterocycles. The number of piperidine rings is 1. The highest BCUT2D eigenvalue weighted by molar-refractivity contribution is 6.76. The zero-order valence-corrected chi connectivity index (χ0v) is 16.8. The Balaban J connectivity index is 2.49. The first-order valence-electron chi connectivity index (χ1n) is 8.54. The molecule has 0 aromatic heterocycles. The molecule has 1 aliphatic rings. The van der Waals surface area contributed by atoms with Crippen LogP contribution >= 0.6 is 0 Å². The lowest BCUT2D eigenvalue weighted by molar-refractivity contribution is 0.0442. The maximum absolute atomic E-state index is 12.2. The van der Waals surface area contributed by atoms with Crippen molar-refractivity contribution in [3.05, 3.63) is 0 Å². The number of amides is 2. The number of alkyl carbamates (subject to hydrolysis) is 1. The average molecular weight is 360 g/mol. The zero-order chi connectivity index (χ0) is 18.5. The van der Waals surface area contributed by atoms with Crippen LogP contribution in [-0.4, -0.2) is 62.5 Å². The van der Waals surface area contributed by atoms with Crippen molar-refractivity contribution in [1.29, 1.82) is 0 Å². The van der Waals surface area contributed by atoms with E-state index in [1.54, 1.807) is 25.7 Å². The molecule has 140 valence electrons. The second kappa shape index (κ2) is 8.20. The van der Waals surface area contributed by atoms with Crippen molar-refractivity contribution in [2.45, 2.75) is 70.6 Å². The maximum atomic E-state index is 12.2. The van der Waals surface area contributed by atoms with E-state index in [0.717, 1.165) is 6.04 Å². The summed E-state index contributed by atoms with van der Waals surface area (Å²) >= 11 is 0. The van der Waals surface area contributed by atoms with Crippen molar-refractivity contribution in [3.8, 4) is 0 Å². The summed E-state index contributed by atoms with van der Waals surface area (Å²) in [5.74, 6) is 0. The minimum absolute atomic E-state index is 0.205. The molecule has 0 spiro atoms. The first-order chi connectivity index (χ1) is 10.9. The number of ether oxygens (including phenoxy) is 2. The number of rotatable bonds is 4. The number of hydrogen-bond donors (Lipinski definition) is 2. The third-order valence-corrected chi connectivity index (χ3v) is 5.41. The molecule has 8 heteroatoms. The smallest absolute Gasteiger partial charge is 0.409 e. The third-order valence-electron chi connectivity index (χ3n) is 3.70. The number of carbonyl (C=O) groups excluding carboxylic acids is 2. The van der Waals surface area contributed by atoms with Crippen LogP contribution < -0.4 is 11.1 Å². The molecule has 24 heavy (non-hydrogen) atoms.